The number of anilines is 1. The first kappa shape index (κ1) is 18.0. The van der Waals surface area contributed by atoms with Crippen LogP contribution < -0.4 is 10.1 Å². The molecule has 24 heavy (non-hydrogen) atoms. The van der Waals surface area contributed by atoms with Crippen molar-refractivity contribution in [3.63, 3.8) is 0 Å². The molecule has 1 N–H and O–H groups in total. The summed E-state index contributed by atoms with van der Waals surface area (Å²) in [5, 5.41) is 2.78. The number of carbonyl (C=O) groups excluding carboxylic acids is 2. The number of amides is 1. The van der Waals surface area contributed by atoms with Gasteiger partial charge in [0.2, 0.25) is 0 Å². The lowest BCUT2D eigenvalue weighted by molar-refractivity contribution is -0.122. The summed E-state index contributed by atoms with van der Waals surface area (Å²) in [6.45, 7) is 3.73. The van der Waals surface area contributed by atoms with Crippen molar-refractivity contribution in [2.75, 3.05) is 11.9 Å². The van der Waals surface area contributed by atoms with E-state index in [9.17, 15) is 9.59 Å². The van der Waals surface area contributed by atoms with Crippen molar-refractivity contribution in [1.29, 1.82) is 0 Å². The highest BCUT2D eigenvalue weighted by atomic mass is 79.9. The molecule has 0 aliphatic rings. The van der Waals surface area contributed by atoms with Crippen molar-refractivity contribution in [1.82, 2.24) is 0 Å². The molecule has 0 spiro atoms. The molecule has 1 unspecified atom stereocenters. The number of halogens is 1. The molecule has 0 radical (unpaired) electrons. The van der Waals surface area contributed by atoms with Gasteiger partial charge in [0.15, 0.2) is 6.10 Å². The molecular weight excluding hydrogens is 374 g/mol. The molecule has 126 valence electrons. The Labute approximate surface area is 149 Å². The lowest BCUT2D eigenvalue weighted by atomic mass is 10.2. The summed E-state index contributed by atoms with van der Waals surface area (Å²) in [5.74, 6) is -0.146. The highest BCUT2D eigenvalue weighted by molar-refractivity contribution is 9.10. The topological polar surface area (TPSA) is 64.6 Å². The van der Waals surface area contributed by atoms with Crippen LogP contribution in [-0.4, -0.2) is 24.6 Å². The van der Waals surface area contributed by atoms with Crippen LogP contribution in [0.2, 0.25) is 0 Å². The molecule has 0 saturated heterocycles. The summed E-state index contributed by atoms with van der Waals surface area (Å²) < 4.78 is 11.4. The molecule has 0 fully saturated rings. The molecule has 1 amide bonds. The van der Waals surface area contributed by atoms with Gasteiger partial charge >= 0.3 is 5.97 Å². The molecule has 6 heteroatoms. The van der Waals surface area contributed by atoms with E-state index in [-0.39, 0.29) is 11.9 Å². The highest BCUT2D eigenvalue weighted by Gasteiger charge is 2.15. The Kier molecular flexibility index (Phi) is 6.37. The quantitative estimate of drug-likeness (QED) is 0.754. The fourth-order valence-corrected chi connectivity index (χ4v) is 2.35. The second-order valence-corrected chi connectivity index (χ2v) is 5.92. The smallest absolute Gasteiger partial charge is 0.338 e. The summed E-state index contributed by atoms with van der Waals surface area (Å²) in [6, 6.07) is 13.8. The predicted octanol–water partition coefficient (Wildman–Crippen LogP) is 4.03. The molecular formula is C18H18BrNO4. The first-order valence-corrected chi connectivity index (χ1v) is 8.29. The predicted molar refractivity (Wildman–Crippen MR) is 95.3 cm³/mol. The number of rotatable bonds is 6. The van der Waals surface area contributed by atoms with Crippen LogP contribution in [0.15, 0.2) is 53.0 Å². The van der Waals surface area contributed by atoms with Crippen LogP contribution in [0.1, 0.15) is 24.2 Å². The first-order valence-electron chi connectivity index (χ1n) is 7.50. The van der Waals surface area contributed by atoms with E-state index in [0.717, 1.165) is 4.47 Å². The van der Waals surface area contributed by atoms with Gasteiger partial charge in [-0.1, -0.05) is 22.0 Å². The van der Waals surface area contributed by atoms with Crippen LogP contribution in [0.4, 0.5) is 5.69 Å². The van der Waals surface area contributed by atoms with Crippen LogP contribution >= 0.6 is 15.9 Å². The van der Waals surface area contributed by atoms with Crippen molar-refractivity contribution < 1.29 is 19.1 Å². The molecule has 0 bridgehead atoms. The highest BCUT2D eigenvalue weighted by Crippen LogP contribution is 2.18. The summed E-state index contributed by atoms with van der Waals surface area (Å²) in [4.78, 5) is 23.7. The minimum Gasteiger partial charge on any atom is -0.481 e. The van der Waals surface area contributed by atoms with E-state index in [1.165, 1.54) is 0 Å². The number of carbonyl (C=O) groups is 2. The van der Waals surface area contributed by atoms with Gasteiger partial charge in [0, 0.05) is 10.2 Å². The molecule has 0 saturated carbocycles. The van der Waals surface area contributed by atoms with Gasteiger partial charge in [-0.3, -0.25) is 4.79 Å². The van der Waals surface area contributed by atoms with Crippen LogP contribution in [0.25, 0.3) is 0 Å². The van der Waals surface area contributed by atoms with Crippen LogP contribution in [-0.2, 0) is 9.53 Å². The molecule has 2 rings (SSSR count). The zero-order chi connectivity index (χ0) is 17.5. The molecule has 0 aliphatic heterocycles. The third-order valence-corrected chi connectivity index (χ3v) is 3.63. The number of hydrogen-bond donors (Lipinski definition) is 1. The second-order valence-electron chi connectivity index (χ2n) is 5.00. The Hall–Kier alpha value is -2.34. The maximum absolute atomic E-state index is 12.2. The first-order chi connectivity index (χ1) is 11.5. The lowest BCUT2D eigenvalue weighted by Gasteiger charge is -2.15. The minimum absolute atomic E-state index is 0.262. The average Bonchev–Trinajstić information content (AvgIpc) is 2.55. The normalized spacial score (nSPS) is 11.5. The molecule has 5 nitrogen and oxygen atoms in total. The molecule has 0 aliphatic carbocycles. The Morgan fingerprint density at radius 3 is 2.50 bits per heavy atom. The number of benzene rings is 2. The van der Waals surface area contributed by atoms with E-state index in [2.05, 4.69) is 21.2 Å². The molecule has 0 aromatic heterocycles. The van der Waals surface area contributed by atoms with Gasteiger partial charge in [-0.25, -0.2) is 4.79 Å². The average molecular weight is 392 g/mol. The molecule has 2 aromatic carbocycles. The number of nitrogens with one attached hydrogen (secondary N) is 1. The van der Waals surface area contributed by atoms with Crippen molar-refractivity contribution in [3.8, 4) is 5.75 Å². The maximum Gasteiger partial charge on any atom is 0.338 e. The van der Waals surface area contributed by atoms with E-state index in [0.29, 0.717) is 23.6 Å². The number of esters is 1. The lowest BCUT2D eigenvalue weighted by Crippen LogP contribution is -2.30. The second kappa shape index (κ2) is 8.49. The fraction of sp³-hybridized carbons (Fsp3) is 0.222. The SMILES string of the molecule is CCOC(=O)c1ccc(OC(C)C(=O)Nc2cccc(Br)c2)cc1. The van der Waals surface area contributed by atoms with Crippen LogP contribution in [0.5, 0.6) is 5.75 Å². The van der Waals surface area contributed by atoms with E-state index >= 15 is 0 Å². The third-order valence-electron chi connectivity index (χ3n) is 3.14. The van der Waals surface area contributed by atoms with Crippen molar-refractivity contribution in [2.24, 2.45) is 0 Å². The molecule has 0 heterocycles. The van der Waals surface area contributed by atoms with Gasteiger partial charge in [0.25, 0.3) is 5.91 Å². The summed E-state index contributed by atoms with van der Waals surface area (Å²) >= 11 is 3.35. The molecule has 2 aromatic rings. The van der Waals surface area contributed by atoms with Crippen LogP contribution in [0, 0.1) is 0 Å². The minimum atomic E-state index is -0.683. The van der Waals surface area contributed by atoms with E-state index in [4.69, 9.17) is 9.47 Å². The van der Waals surface area contributed by atoms with Crippen molar-refractivity contribution in [3.05, 3.63) is 58.6 Å². The van der Waals surface area contributed by atoms with Gasteiger partial charge in [0.05, 0.1) is 12.2 Å². The van der Waals surface area contributed by atoms with Gasteiger partial charge in [0.1, 0.15) is 5.75 Å². The zero-order valence-electron chi connectivity index (χ0n) is 13.4. The van der Waals surface area contributed by atoms with Crippen molar-refractivity contribution in [2.45, 2.75) is 20.0 Å². The summed E-state index contributed by atoms with van der Waals surface area (Å²) in [6.07, 6.45) is -0.683. The van der Waals surface area contributed by atoms with E-state index in [1.54, 1.807) is 50.2 Å². The van der Waals surface area contributed by atoms with E-state index in [1.807, 2.05) is 12.1 Å². The van der Waals surface area contributed by atoms with Gasteiger partial charge in [-0.2, -0.15) is 0 Å². The number of ether oxygens (including phenoxy) is 2. The molecule has 1 atom stereocenters. The monoisotopic (exact) mass is 391 g/mol. The van der Waals surface area contributed by atoms with E-state index < -0.39 is 6.10 Å². The third kappa shape index (κ3) is 5.09. The fourth-order valence-electron chi connectivity index (χ4n) is 1.95. The Morgan fingerprint density at radius 1 is 1.17 bits per heavy atom. The standard InChI is InChI=1S/C18H18BrNO4/c1-3-23-18(22)13-7-9-16(10-8-13)24-12(2)17(21)20-15-6-4-5-14(19)11-15/h4-12H,3H2,1-2H3,(H,20,21). The summed E-state index contributed by atoms with van der Waals surface area (Å²) in [7, 11) is 0. The van der Waals surface area contributed by atoms with Crippen molar-refractivity contribution >= 4 is 33.5 Å². The number of hydrogen-bond acceptors (Lipinski definition) is 4. The largest absolute Gasteiger partial charge is 0.481 e. The van der Waals surface area contributed by atoms with Gasteiger partial charge < -0.3 is 14.8 Å². The van der Waals surface area contributed by atoms with Crippen LogP contribution in [0.3, 0.4) is 0 Å². The Morgan fingerprint density at radius 2 is 1.88 bits per heavy atom. The van der Waals surface area contributed by atoms with Gasteiger partial charge in [-0.05, 0) is 56.3 Å². The van der Waals surface area contributed by atoms with Gasteiger partial charge in [-0.15, -0.1) is 0 Å². The summed E-state index contributed by atoms with van der Waals surface area (Å²) in [5.41, 5.74) is 1.12. The zero-order valence-corrected chi connectivity index (χ0v) is 15.0. The maximum atomic E-state index is 12.2. The Balaban J connectivity index is 1.94. The Bertz CT molecular complexity index is 715.